The molecule has 0 aromatic rings. The minimum atomic E-state index is 0.528. The summed E-state index contributed by atoms with van der Waals surface area (Å²) in [5.74, 6) is 2.49. The second-order valence-electron chi connectivity index (χ2n) is 2.44. The molecule has 0 heterocycles. The summed E-state index contributed by atoms with van der Waals surface area (Å²) in [6.45, 7) is 7.62. The van der Waals surface area contributed by atoms with Gasteiger partial charge in [0.25, 0.3) is 0 Å². The SMILES string of the molecule is C#CCNC(=S)CN(CC)CC. The van der Waals surface area contributed by atoms with Crippen LogP contribution in [0.1, 0.15) is 13.8 Å². The lowest BCUT2D eigenvalue weighted by atomic mass is 10.4. The number of terminal acetylenes is 1. The van der Waals surface area contributed by atoms with E-state index in [0.29, 0.717) is 6.54 Å². The summed E-state index contributed by atoms with van der Waals surface area (Å²) < 4.78 is 0. The highest BCUT2D eigenvalue weighted by molar-refractivity contribution is 7.80. The van der Waals surface area contributed by atoms with Gasteiger partial charge in [0.2, 0.25) is 0 Å². The molecule has 0 atom stereocenters. The molecule has 0 saturated heterocycles. The first-order valence-electron chi connectivity index (χ1n) is 4.17. The quantitative estimate of drug-likeness (QED) is 0.504. The largest absolute Gasteiger partial charge is 0.368 e. The van der Waals surface area contributed by atoms with Crippen LogP contribution >= 0.6 is 12.2 Å². The number of likely N-dealkylation sites (N-methyl/N-ethyl adjacent to an activating group) is 1. The van der Waals surface area contributed by atoms with Crippen molar-refractivity contribution in [1.29, 1.82) is 0 Å². The standard InChI is InChI=1S/C9H16N2S/c1-4-7-10-9(12)8-11(5-2)6-3/h1H,5-8H2,2-3H3,(H,10,12). The summed E-state index contributed by atoms with van der Waals surface area (Å²) in [5.41, 5.74) is 0. The maximum Gasteiger partial charge on any atom is 0.0903 e. The van der Waals surface area contributed by atoms with Crippen molar-refractivity contribution in [2.75, 3.05) is 26.2 Å². The Morgan fingerprint density at radius 3 is 2.50 bits per heavy atom. The van der Waals surface area contributed by atoms with E-state index in [9.17, 15) is 0 Å². The number of hydrogen-bond acceptors (Lipinski definition) is 2. The molecule has 0 spiro atoms. The first-order chi connectivity index (χ1) is 5.74. The van der Waals surface area contributed by atoms with Crippen molar-refractivity contribution in [2.45, 2.75) is 13.8 Å². The molecule has 12 heavy (non-hydrogen) atoms. The van der Waals surface area contributed by atoms with Gasteiger partial charge in [0.05, 0.1) is 11.5 Å². The Morgan fingerprint density at radius 2 is 2.08 bits per heavy atom. The third-order valence-corrected chi connectivity index (χ3v) is 1.92. The van der Waals surface area contributed by atoms with Crippen LogP contribution in [0.15, 0.2) is 0 Å². The maximum atomic E-state index is 5.09. The van der Waals surface area contributed by atoms with Gasteiger partial charge in [-0.25, -0.2) is 0 Å². The van der Waals surface area contributed by atoms with E-state index in [-0.39, 0.29) is 0 Å². The number of nitrogens with zero attached hydrogens (tertiary/aromatic N) is 1. The van der Waals surface area contributed by atoms with Gasteiger partial charge in [-0.3, -0.25) is 4.90 Å². The fourth-order valence-electron chi connectivity index (χ4n) is 0.856. The molecule has 0 saturated carbocycles. The summed E-state index contributed by atoms with van der Waals surface area (Å²) >= 11 is 5.08. The van der Waals surface area contributed by atoms with E-state index in [1.807, 2.05) is 0 Å². The molecule has 1 N–H and O–H groups in total. The van der Waals surface area contributed by atoms with Gasteiger partial charge in [-0.05, 0) is 13.1 Å². The predicted molar refractivity (Wildman–Crippen MR) is 57.2 cm³/mol. The number of thiocarbonyl (C=S) groups is 1. The highest BCUT2D eigenvalue weighted by Gasteiger charge is 2.01. The fraction of sp³-hybridized carbons (Fsp3) is 0.667. The Labute approximate surface area is 80.3 Å². The topological polar surface area (TPSA) is 15.3 Å². The highest BCUT2D eigenvalue weighted by Crippen LogP contribution is 1.86. The third-order valence-electron chi connectivity index (χ3n) is 1.65. The second kappa shape index (κ2) is 7.08. The van der Waals surface area contributed by atoms with Crippen LogP contribution < -0.4 is 5.32 Å². The first-order valence-corrected chi connectivity index (χ1v) is 4.57. The molecular weight excluding hydrogens is 168 g/mol. The van der Waals surface area contributed by atoms with Crippen molar-refractivity contribution in [3.8, 4) is 12.3 Å². The van der Waals surface area contributed by atoms with E-state index in [1.54, 1.807) is 0 Å². The fourth-order valence-corrected chi connectivity index (χ4v) is 1.11. The molecule has 2 nitrogen and oxygen atoms in total. The van der Waals surface area contributed by atoms with E-state index in [0.717, 1.165) is 24.6 Å². The van der Waals surface area contributed by atoms with Crippen molar-refractivity contribution in [3.05, 3.63) is 0 Å². The van der Waals surface area contributed by atoms with Crippen molar-refractivity contribution >= 4 is 17.2 Å². The lowest BCUT2D eigenvalue weighted by Gasteiger charge is -2.18. The molecule has 0 aliphatic rings. The van der Waals surface area contributed by atoms with Crippen molar-refractivity contribution in [3.63, 3.8) is 0 Å². The first kappa shape index (κ1) is 11.4. The van der Waals surface area contributed by atoms with Gasteiger partial charge < -0.3 is 5.32 Å². The molecular formula is C9H16N2S. The lowest BCUT2D eigenvalue weighted by Crippen LogP contribution is -2.35. The monoisotopic (exact) mass is 184 g/mol. The number of hydrogen-bond donors (Lipinski definition) is 1. The van der Waals surface area contributed by atoms with Crippen LogP contribution in [0.2, 0.25) is 0 Å². The van der Waals surface area contributed by atoms with Crippen molar-refractivity contribution in [1.82, 2.24) is 10.2 Å². The zero-order valence-corrected chi connectivity index (χ0v) is 8.58. The van der Waals surface area contributed by atoms with Crippen LogP contribution in [0.5, 0.6) is 0 Å². The van der Waals surface area contributed by atoms with E-state index < -0.39 is 0 Å². The average Bonchev–Trinajstić information content (AvgIpc) is 2.10. The Bertz CT molecular complexity index is 168. The minimum Gasteiger partial charge on any atom is -0.368 e. The Balaban J connectivity index is 3.60. The molecule has 0 aromatic heterocycles. The number of nitrogens with one attached hydrogen (secondary N) is 1. The van der Waals surface area contributed by atoms with Crippen LogP contribution in [0.3, 0.4) is 0 Å². The zero-order valence-electron chi connectivity index (χ0n) is 7.76. The van der Waals surface area contributed by atoms with E-state index in [4.69, 9.17) is 18.6 Å². The molecule has 0 aromatic carbocycles. The van der Waals surface area contributed by atoms with Gasteiger partial charge in [-0.15, -0.1) is 6.42 Å². The molecule has 0 rings (SSSR count). The smallest absolute Gasteiger partial charge is 0.0903 e. The van der Waals surface area contributed by atoms with Gasteiger partial charge >= 0.3 is 0 Å². The van der Waals surface area contributed by atoms with Crippen LogP contribution in [0, 0.1) is 12.3 Å². The number of rotatable bonds is 5. The third kappa shape index (κ3) is 5.11. The van der Waals surface area contributed by atoms with E-state index in [1.165, 1.54) is 0 Å². The van der Waals surface area contributed by atoms with Crippen molar-refractivity contribution in [2.24, 2.45) is 0 Å². The predicted octanol–water partition coefficient (Wildman–Crippen LogP) is 0.878. The van der Waals surface area contributed by atoms with Crippen LogP contribution in [-0.4, -0.2) is 36.1 Å². The molecule has 0 aliphatic carbocycles. The van der Waals surface area contributed by atoms with Gasteiger partial charge in [0.15, 0.2) is 0 Å². The van der Waals surface area contributed by atoms with Crippen LogP contribution in [0.4, 0.5) is 0 Å². The van der Waals surface area contributed by atoms with Crippen LogP contribution in [-0.2, 0) is 0 Å². The van der Waals surface area contributed by atoms with Gasteiger partial charge in [-0.1, -0.05) is 32.0 Å². The molecule has 0 amide bonds. The van der Waals surface area contributed by atoms with Crippen molar-refractivity contribution < 1.29 is 0 Å². The lowest BCUT2D eigenvalue weighted by molar-refractivity contribution is 0.346. The minimum absolute atomic E-state index is 0.528. The summed E-state index contributed by atoms with van der Waals surface area (Å²) in [4.78, 5) is 3.07. The Hall–Kier alpha value is -0.590. The molecule has 0 fully saturated rings. The molecule has 0 aliphatic heterocycles. The summed E-state index contributed by atoms with van der Waals surface area (Å²) in [7, 11) is 0. The highest BCUT2D eigenvalue weighted by atomic mass is 32.1. The molecule has 0 bridgehead atoms. The second-order valence-corrected chi connectivity index (χ2v) is 2.94. The normalized spacial score (nSPS) is 9.50. The summed E-state index contributed by atoms with van der Waals surface area (Å²) in [6, 6.07) is 0. The summed E-state index contributed by atoms with van der Waals surface area (Å²) in [5, 5.41) is 2.99. The average molecular weight is 184 g/mol. The van der Waals surface area contributed by atoms with Crippen LogP contribution in [0.25, 0.3) is 0 Å². The molecule has 0 radical (unpaired) electrons. The maximum absolute atomic E-state index is 5.09. The summed E-state index contributed by atoms with van der Waals surface area (Å²) in [6.07, 6.45) is 5.09. The van der Waals surface area contributed by atoms with Gasteiger partial charge in [0, 0.05) is 6.54 Å². The van der Waals surface area contributed by atoms with Gasteiger partial charge in [-0.2, -0.15) is 0 Å². The van der Waals surface area contributed by atoms with Gasteiger partial charge in [0.1, 0.15) is 0 Å². The zero-order chi connectivity index (χ0) is 9.40. The molecule has 0 unspecified atom stereocenters. The molecule has 68 valence electrons. The Morgan fingerprint density at radius 1 is 1.50 bits per heavy atom. The Kier molecular flexibility index (Phi) is 6.73. The molecule has 3 heteroatoms. The van der Waals surface area contributed by atoms with E-state index >= 15 is 0 Å². The van der Waals surface area contributed by atoms with E-state index in [2.05, 4.69) is 30.0 Å².